The molecule has 2 N–H and O–H groups in total. The monoisotopic (exact) mass is 362 g/mol. The lowest BCUT2D eigenvalue weighted by molar-refractivity contribution is 0.0570. The van der Waals surface area contributed by atoms with Gasteiger partial charge in [0.1, 0.15) is 0 Å². The molecule has 2 rings (SSSR count). The fourth-order valence-electron chi connectivity index (χ4n) is 2.65. The van der Waals surface area contributed by atoms with E-state index >= 15 is 0 Å². The van der Waals surface area contributed by atoms with Crippen molar-refractivity contribution in [3.05, 3.63) is 29.8 Å². The average Bonchev–Trinajstić information content (AvgIpc) is 2.61. The Labute approximate surface area is 153 Å². The third-order valence-corrected chi connectivity index (χ3v) is 3.88. The minimum atomic E-state index is -0.345. The Balaban J connectivity index is 1.95. The van der Waals surface area contributed by atoms with E-state index in [0.717, 1.165) is 0 Å². The van der Waals surface area contributed by atoms with Gasteiger partial charge in [0.25, 0.3) is 5.91 Å². The van der Waals surface area contributed by atoms with E-state index in [-0.39, 0.29) is 24.1 Å². The smallest absolute Gasteiger partial charge is 0.409 e. The SMILES string of the molecule is CCOC(=O)N1CCN(C(=O)c2cccc(NC(=O)NC(C)C)c2)CC1. The molecule has 0 bridgehead atoms. The molecule has 0 unspecified atom stereocenters. The summed E-state index contributed by atoms with van der Waals surface area (Å²) in [5.74, 6) is -0.124. The summed E-state index contributed by atoms with van der Waals surface area (Å²) in [4.78, 5) is 39.5. The topological polar surface area (TPSA) is 91.0 Å². The normalized spacial score (nSPS) is 14.2. The van der Waals surface area contributed by atoms with E-state index in [1.165, 1.54) is 0 Å². The molecule has 1 fully saturated rings. The molecule has 0 saturated carbocycles. The predicted molar refractivity (Wildman–Crippen MR) is 98.2 cm³/mol. The molecular weight excluding hydrogens is 336 g/mol. The molecular formula is C18H26N4O4. The van der Waals surface area contributed by atoms with E-state index in [4.69, 9.17) is 4.74 Å². The number of hydrogen-bond acceptors (Lipinski definition) is 4. The first kappa shape index (κ1) is 19.6. The number of rotatable bonds is 4. The lowest BCUT2D eigenvalue weighted by Crippen LogP contribution is -2.50. The molecule has 142 valence electrons. The van der Waals surface area contributed by atoms with Crippen molar-refractivity contribution in [1.82, 2.24) is 15.1 Å². The van der Waals surface area contributed by atoms with Crippen LogP contribution >= 0.6 is 0 Å². The summed E-state index contributed by atoms with van der Waals surface area (Å²) in [6.45, 7) is 7.62. The standard InChI is InChI=1S/C18H26N4O4/c1-4-26-18(25)22-10-8-21(9-11-22)16(23)14-6-5-7-15(12-14)20-17(24)19-13(2)3/h5-7,12-13H,4,8-11H2,1-3H3,(H2,19,20,24). The van der Waals surface area contributed by atoms with E-state index in [9.17, 15) is 14.4 Å². The van der Waals surface area contributed by atoms with Crippen molar-refractivity contribution in [2.24, 2.45) is 0 Å². The number of nitrogens with zero attached hydrogens (tertiary/aromatic N) is 2. The Kier molecular flexibility index (Phi) is 6.82. The minimum Gasteiger partial charge on any atom is -0.450 e. The van der Waals surface area contributed by atoms with Gasteiger partial charge in [0.2, 0.25) is 0 Å². The molecule has 0 radical (unpaired) electrons. The molecule has 0 aliphatic carbocycles. The van der Waals surface area contributed by atoms with Gasteiger partial charge < -0.3 is 25.2 Å². The van der Waals surface area contributed by atoms with Gasteiger partial charge in [-0.15, -0.1) is 0 Å². The number of nitrogens with one attached hydrogen (secondary N) is 2. The van der Waals surface area contributed by atoms with Crippen LogP contribution in [0.4, 0.5) is 15.3 Å². The van der Waals surface area contributed by atoms with Gasteiger partial charge in [-0.3, -0.25) is 4.79 Å². The molecule has 1 aliphatic heterocycles. The van der Waals surface area contributed by atoms with Crippen molar-refractivity contribution >= 4 is 23.7 Å². The van der Waals surface area contributed by atoms with Crippen LogP contribution < -0.4 is 10.6 Å². The van der Waals surface area contributed by atoms with E-state index < -0.39 is 0 Å². The van der Waals surface area contributed by atoms with Crippen molar-refractivity contribution < 1.29 is 19.1 Å². The summed E-state index contributed by atoms with van der Waals surface area (Å²) in [5, 5.41) is 5.45. The van der Waals surface area contributed by atoms with Gasteiger partial charge in [0.05, 0.1) is 6.61 Å². The highest BCUT2D eigenvalue weighted by molar-refractivity contribution is 5.97. The van der Waals surface area contributed by atoms with Gasteiger partial charge >= 0.3 is 12.1 Å². The number of carbonyl (C=O) groups excluding carboxylic acids is 3. The Bertz CT molecular complexity index is 654. The fraction of sp³-hybridized carbons (Fsp3) is 0.500. The van der Waals surface area contributed by atoms with Crippen LogP contribution in [0, 0.1) is 0 Å². The summed E-state index contributed by atoms with van der Waals surface area (Å²) >= 11 is 0. The molecule has 0 spiro atoms. The van der Waals surface area contributed by atoms with E-state index in [2.05, 4.69) is 10.6 Å². The van der Waals surface area contributed by atoms with Crippen LogP contribution in [-0.4, -0.2) is 66.7 Å². The first-order chi connectivity index (χ1) is 12.4. The number of ether oxygens (including phenoxy) is 1. The maximum atomic E-state index is 12.7. The van der Waals surface area contributed by atoms with Crippen molar-refractivity contribution in [2.45, 2.75) is 26.8 Å². The second-order valence-electron chi connectivity index (χ2n) is 6.31. The van der Waals surface area contributed by atoms with Gasteiger partial charge in [-0.1, -0.05) is 6.07 Å². The van der Waals surface area contributed by atoms with Crippen LogP contribution in [-0.2, 0) is 4.74 Å². The van der Waals surface area contributed by atoms with Crippen LogP contribution in [0.3, 0.4) is 0 Å². The molecule has 26 heavy (non-hydrogen) atoms. The van der Waals surface area contributed by atoms with Gasteiger partial charge in [-0.2, -0.15) is 0 Å². The van der Waals surface area contributed by atoms with E-state index in [1.807, 2.05) is 13.8 Å². The molecule has 1 aromatic rings. The van der Waals surface area contributed by atoms with Gasteiger partial charge in [0.15, 0.2) is 0 Å². The minimum absolute atomic E-state index is 0.0236. The first-order valence-corrected chi connectivity index (χ1v) is 8.79. The van der Waals surface area contributed by atoms with Gasteiger partial charge in [-0.05, 0) is 39.0 Å². The van der Waals surface area contributed by atoms with Crippen molar-refractivity contribution in [3.8, 4) is 0 Å². The van der Waals surface area contributed by atoms with E-state index in [1.54, 1.807) is 41.0 Å². The molecule has 1 heterocycles. The predicted octanol–water partition coefficient (Wildman–Crippen LogP) is 2.13. The summed E-state index contributed by atoms with van der Waals surface area (Å²) < 4.78 is 4.98. The summed E-state index contributed by atoms with van der Waals surface area (Å²) in [7, 11) is 0. The molecule has 4 amide bonds. The zero-order valence-corrected chi connectivity index (χ0v) is 15.4. The number of piperazine rings is 1. The second-order valence-corrected chi connectivity index (χ2v) is 6.31. The lowest BCUT2D eigenvalue weighted by Gasteiger charge is -2.34. The van der Waals surface area contributed by atoms with Crippen LogP contribution in [0.1, 0.15) is 31.1 Å². The van der Waals surface area contributed by atoms with E-state index in [0.29, 0.717) is 44.0 Å². The number of anilines is 1. The zero-order valence-electron chi connectivity index (χ0n) is 15.4. The number of hydrogen-bond donors (Lipinski definition) is 2. The Morgan fingerprint density at radius 1 is 1.12 bits per heavy atom. The Hall–Kier alpha value is -2.77. The molecule has 0 aromatic heterocycles. The van der Waals surface area contributed by atoms with Crippen molar-refractivity contribution in [2.75, 3.05) is 38.1 Å². The van der Waals surface area contributed by atoms with Crippen molar-refractivity contribution in [3.63, 3.8) is 0 Å². The Morgan fingerprint density at radius 2 is 1.77 bits per heavy atom. The summed E-state index contributed by atoms with van der Waals surface area (Å²) in [6.07, 6.45) is -0.345. The largest absolute Gasteiger partial charge is 0.450 e. The first-order valence-electron chi connectivity index (χ1n) is 8.79. The number of urea groups is 1. The van der Waals surface area contributed by atoms with Crippen LogP contribution in [0.2, 0.25) is 0 Å². The number of benzene rings is 1. The molecule has 1 aromatic carbocycles. The average molecular weight is 362 g/mol. The molecule has 0 atom stereocenters. The second kappa shape index (κ2) is 9.07. The Morgan fingerprint density at radius 3 is 2.38 bits per heavy atom. The third-order valence-electron chi connectivity index (χ3n) is 3.88. The highest BCUT2D eigenvalue weighted by Crippen LogP contribution is 2.14. The molecule has 8 nitrogen and oxygen atoms in total. The fourth-order valence-corrected chi connectivity index (χ4v) is 2.65. The van der Waals surface area contributed by atoms with Gasteiger partial charge in [-0.25, -0.2) is 9.59 Å². The van der Waals surface area contributed by atoms with Gasteiger partial charge in [0, 0.05) is 43.5 Å². The number of amides is 4. The maximum Gasteiger partial charge on any atom is 0.409 e. The lowest BCUT2D eigenvalue weighted by atomic mass is 10.1. The van der Waals surface area contributed by atoms with Crippen molar-refractivity contribution in [1.29, 1.82) is 0 Å². The summed E-state index contributed by atoms with van der Waals surface area (Å²) in [5.41, 5.74) is 1.05. The van der Waals surface area contributed by atoms with Crippen LogP contribution in [0.5, 0.6) is 0 Å². The molecule has 1 aliphatic rings. The number of carbonyl (C=O) groups is 3. The van der Waals surface area contributed by atoms with Crippen LogP contribution in [0.15, 0.2) is 24.3 Å². The summed E-state index contributed by atoms with van der Waals surface area (Å²) in [6, 6.07) is 6.54. The third kappa shape index (κ3) is 5.37. The highest BCUT2D eigenvalue weighted by Gasteiger charge is 2.25. The quantitative estimate of drug-likeness (QED) is 0.858. The maximum absolute atomic E-state index is 12.7. The zero-order chi connectivity index (χ0) is 19.1. The molecule has 8 heteroatoms. The van der Waals surface area contributed by atoms with Crippen LogP contribution in [0.25, 0.3) is 0 Å². The molecule has 1 saturated heterocycles. The highest BCUT2D eigenvalue weighted by atomic mass is 16.6.